The molecule has 0 saturated carbocycles. The van der Waals surface area contributed by atoms with Gasteiger partial charge in [-0.2, -0.15) is 0 Å². The van der Waals surface area contributed by atoms with Crippen LogP contribution in [0.2, 0.25) is 0 Å². The normalized spacial score (nSPS) is 11.0. The van der Waals surface area contributed by atoms with Crippen LogP contribution in [-0.2, 0) is 11.2 Å². The van der Waals surface area contributed by atoms with Gasteiger partial charge in [0.25, 0.3) is 0 Å². The topological polar surface area (TPSA) is 59.9 Å². The summed E-state index contributed by atoms with van der Waals surface area (Å²) in [6, 6.07) is 11.8. The number of benzene rings is 1. The molecule has 2 aromatic heterocycles. The second kappa shape index (κ2) is 6.67. The summed E-state index contributed by atoms with van der Waals surface area (Å²) in [6.07, 6.45) is 7.63. The highest BCUT2D eigenvalue weighted by Crippen LogP contribution is 2.23. The molecule has 3 rings (SSSR count). The van der Waals surface area contributed by atoms with E-state index in [2.05, 4.69) is 20.3 Å². The molecule has 5 nitrogen and oxygen atoms in total. The van der Waals surface area contributed by atoms with Crippen LogP contribution >= 0.6 is 0 Å². The molecule has 0 unspecified atom stereocenters. The number of nitrogens with zero attached hydrogens (tertiary/aromatic N) is 3. The van der Waals surface area contributed by atoms with Crippen molar-refractivity contribution in [2.75, 3.05) is 12.4 Å². The van der Waals surface area contributed by atoms with E-state index in [0.29, 0.717) is 6.42 Å². The molecular formula is C17H16N4O. The van der Waals surface area contributed by atoms with Crippen LogP contribution in [0.4, 0.5) is 11.5 Å². The summed E-state index contributed by atoms with van der Waals surface area (Å²) >= 11 is 0. The molecule has 1 N–H and O–H groups in total. The van der Waals surface area contributed by atoms with Gasteiger partial charge in [0.2, 0.25) is 0 Å². The summed E-state index contributed by atoms with van der Waals surface area (Å²) in [4.78, 5) is 13.2. The largest absolute Gasteiger partial charge is 0.505 e. The molecule has 0 amide bonds. The number of anilines is 2. The van der Waals surface area contributed by atoms with Crippen molar-refractivity contribution in [1.82, 2.24) is 15.0 Å². The van der Waals surface area contributed by atoms with Crippen LogP contribution < -0.4 is 5.32 Å². The van der Waals surface area contributed by atoms with E-state index in [9.17, 15) is 0 Å². The monoisotopic (exact) mass is 292 g/mol. The van der Waals surface area contributed by atoms with Gasteiger partial charge in [-0.05, 0) is 30.3 Å². The molecule has 0 fully saturated rings. The van der Waals surface area contributed by atoms with E-state index >= 15 is 0 Å². The Labute approximate surface area is 128 Å². The maximum atomic E-state index is 4.92. The smallest absolute Gasteiger partial charge is 0.142 e. The van der Waals surface area contributed by atoms with Crippen LogP contribution in [0, 0.1) is 0 Å². The van der Waals surface area contributed by atoms with Crippen LogP contribution in [0.25, 0.3) is 10.9 Å². The fourth-order valence-corrected chi connectivity index (χ4v) is 2.13. The molecule has 0 spiro atoms. The van der Waals surface area contributed by atoms with Crippen LogP contribution in [0.3, 0.4) is 0 Å². The average molecular weight is 292 g/mol. The van der Waals surface area contributed by atoms with E-state index in [4.69, 9.17) is 4.74 Å². The van der Waals surface area contributed by atoms with Gasteiger partial charge >= 0.3 is 0 Å². The first-order valence-corrected chi connectivity index (χ1v) is 6.97. The molecule has 0 aliphatic heterocycles. The lowest BCUT2D eigenvalue weighted by Crippen LogP contribution is -2.01. The van der Waals surface area contributed by atoms with Gasteiger partial charge in [0.05, 0.1) is 18.9 Å². The van der Waals surface area contributed by atoms with Gasteiger partial charge in [0, 0.05) is 29.9 Å². The van der Waals surface area contributed by atoms with E-state index in [1.165, 1.54) is 0 Å². The van der Waals surface area contributed by atoms with E-state index < -0.39 is 0 Å². The van der Waals surface area contributed by atoms with E-state index in [1.54, 1.807) is 25.8 Å². The summed E-state index contributed by atoms with van der Waals surface area (Å²) in [5.41, 5.74) is 1.85. The Hall–Kier alpha value is -2.95. The second-order valence-electron chi connectivity index (χ2n) is 4.68. The predicted octanol–water partition coefficient (Wildman–Crippen LogP) is 3.47. The number of fused-ring (bicyclic) bond motifs is 1. The van der Waals surface area contributed by atoms with Crippen molar-refractivity contribution in [2.24, 2.45) is 0 Å². The molecule has 5 heteroatoms. The van der Waals surface area contributed by atoms with Crippen molar-refractivity contribution in [1.29, 1.82) is 0 Å². The fraction of sp³-hybridized carbons (Fsp3) is 0.118. The first-order valence-electron chi connectivity index (χ1n) is 6.97. The first-order chi connectivity index (χ1) is 10.9. The molecule has 110 valence electrons. The molecular weight excluding hydrogens is 276 g/mol. The minimum Gasteiger partial charge on any atom is -0.505 e. The Bertz CT molecular complexity index is 787. The van der Waals surface area contributed by atoms with Crippen LogP contribution in [0.1, 0.15) is 5.82 Å². The third kappa shape index (κ3) is 3.20. The van der Waals surface area contributed by atoms with Gasteiger partial charge in [0.15, 0.2) is 0 Å². The number of hydrogen-bond donors (Lipinski definition) is 1. The molecule has 2 heterocycles. The highest BCUT2D eigenvalue weighted by atomic mass is 16.5. The summed E-state index contributed by atoms with van der Waals surface area (Å²) in [5.74, 6) is 1.53. The van der Waals surface area contributed by atoms with Crippen LogP contribution in [-0.4, -0.2) is 22.1 Å². The lowest BCUT2D eigenvalue weighted by atomic mass is 10.2. The molecule has 0 radical (unpaired) electrons. The fourth-order valence-electron chi connectivity index (χ4n) is 2.13. The third-order valence-electron chi connectivity index (χ3n) is 3.13. The van der Waals surface area contributed by atoms with Gasteiger partial charge < -0.3 is 10.1 Å². The molecule has 1 aromatic carbocycles. The van der Waals surface area contributed by atoms with E-state index in [1.807, 2.05) is 42.5 Å². The number of nitrogens with one attached hydrogen (secondary N) is 1. The SMILES string of the molecule is CO/C=C/Cc1nc(Nc2ccncc2)c2ccccc2n1. The molecule has 22 heavy (non-hydrogen) atoms. The van der Waals surface area contributed by atoms with Crippen molar-refractivity contribution >= 4 is 22.4 Å². The predicted molar refractivity (Wildman–Crippen MR) is 86.9 cm³/mol. The van der Waals surface area contributed by atoms with Gasteiger partial charge in [0.1, 0.15) is 11.6 Å². The molecule has 0 saturated heterocycles. The molecule has 0 aliphatic rings. The summed E-state index contributed by atoms with van der Waals surface area (Å²) < 4.78 is 4.92. The summed E-state index contributed by atoms with van der Waals surface area (Å²) in [5, 5.41) is 4.32. The lowest BCUT2D eigenvalue weighted by molar-refractivity contribution is 0.336. The van der Waals surface area contributed by atoms with Crippen LogP contribution in [0.15, 0.2) is 61.1 Å². The number of hydrogen-bond acceptors (Lipinski definition) is 5. The number of methoxy groups -OCH3 is 1. The molecule has 3 aromatic rings. The van der Waals surface area contributed by atoms with E-state index in [0.717, 1.165) is 28.2 Å². The zero-order chi connectivity index (χ0) is 15.2. The van der Waals surface area contributed by atoms with Crippen molar-refractivity contribution in [3.05, 3.63) is 67.0 Å². The Morgan fingerprint density at radius 2 is 1.91 bits per heavy atom. The molecule has 0 atom stereocenters. The number of aromatic nitrogens is 3. The van der Waals surface area contributed by atoms with Gasteiger partial charge in [-0.1, -0.05) is 12.1 Å². The number of rotatable bonds is 5. The van der Waals surface area contributed by atoms with Gasteiger partial charge in [-0.15, -0.1) is 0 Å². The number of pyridine rings is 1. The zero-order valence-electron chi connectivity index (χ0n) is 12.2. The van der Waals surface area contributed by atoms with Crippen molar-refractivity contribution in [3.63, 3.8) is 0 Å². The Balaban J connectivity index is 2.00. The third-order valence-corrected chi connectivity index (χ3v) is 3.13. The average Bonchev–Trinajstić information content (AvgIpc) is 2.56. The quantitative estimate of drug-likeness (QED) is 0.730. The standard InChI is InChI=1S/C17H16N4O/c1-22-12-4-7-16-20-15-6-3-2-5-14(15)17(21-16)19-13-8-10-18-11-9-13/h2-6,8-12H,7H2,1H3,(H,18,19,20,21)/b12-4+. The maximum Gasteiger partial charge on any atom is 0.142 e. The van der Waals surface area contributed by atoms with Gasteiger partial charge in [-0.3, -0.25) is 4.98 Å². The van der Waals surface area contributed by atoms with Crippen molar-refractivity contribution in [2.45, 2.75) is 6.42 Å². The second-order valence-corrected chi connectivity index (χ2v) is 4.68. The summed E-state index contributed by atoms with van der Waals surface area (Å²) in [7, 11) is 1.62. The highest BCUT2D eigenvalue weighted by molar-refractivity contribution is 5.90. The number of para-hydroxylation sites is 1. The molecule has 0 bridgehead atoms. The number of ether oxygens (including phenoxy) is 1. The maximum absolute atomic E-state index is 4.92. The Kier molecular flexibility index (Phi) is 4.25. The Morgan fingerprint density at radius 1 is 1.09 bits per heavy atom. The highest BCUT2D eigenvalue weighted by Gasteiger charge is 2.07. The lowest BCUT2D eigenvalue weighted by Gasteiger charge is -2.10. The summed E-state index contributed by atoms with van der Waals surface area (Å²) in [6.45, 7) is 0. The van der Waals surface area contributed by atoms with Crippen LogP contribution in [0.5, 0.6) is 0 Å². The molecule has 0 aliphatic carbocycles. The van der Waals surface area contributed by atoms with Crippen molar-refractivity contribution < 1.29 is 4.74 Å². The minimum absolute atomic E-state index is 0.615. The van der Waals surface area contributed by atoms with Crippen molar-refractivity contribution in [3.8, 4) is 0 Å². The first kappa shape index (κ1) is 14.0. The number of allylic oxidation sites excluding steroid dienone is 1. The van der Waals surface area contributed by atoms with E-state index in [-0.39, 0.29) is 0 Å². The zero-order valence-corrected chi connectivity index (χ0v) is 12.2. The van der Waals surface area contributed by atoms with Gasteiger partial charge in [-0.25, -0.2) is 9.97 Å². The minimum atomic E-state index is 0.615. The Morgan fingerprint density at radius 3 is 2.73 bits per heavy atom.